The molecule has 0 spiro atoms. The Morgan fingerprint density at radius 1 is 1.06 bits per heavy atom. The normalized spacial score (nSPS) is 13.8. The van der Waals surface area contributed by atoms with Crippen molar-refractivity contribution < 1.29 is 9.66 Å². The fraction of sp³-hybridized carbons (Fsp3) is 0.200. The van der Waals surface area contributed by atoms with E-state index in [0.717, 1.165) is 0 Å². The van der Waals surface area contributed by atoms with E-state index in [-0.39, 0.29) is 17.6 Å². The maximum Gasteiger partial charge on any atom is 0.271 e. The SMILES string of the molecule is O=[N+]([O-])c1cccc(Nc2nc(NN=Cc3c(Cl)cccc3Cl)nc(N3CCOCC3)n2)c1. The third-order valence-electron chi connectivity index (χ3n) is 4.59. The second kappa shape index (κ2) is 10.4. The van der Waals surface area contributed by atoms with Crippen LogP contribution in [0.2, 0.25) is 10.0 Å². The van der Waals surface area contributed by atoms with Gasteiger partial charge in [0.15, 0.2) is 0 Å². The van der Waals surface area contributed by atoms with Crippen LogP contribution in [0.3, 0.4) is 0 Å². The molecule has 2 N–H and O–H groups in total. The summed E-state index contributed by atoms with van der Waals surface area (Å²) in [6.07, 6.45) is 1.47. The van der Waals surface area contributed by atoms with Gasteiger partial charge < -0.3 is 15.0 Å². The van der Waals surface area contributed by atoms with Gasteiger partial charge in [0.05, 0.1) is 34.4 Å². The number of ether oxygens (including phenoxy) is 1. The van der Waals surface area contributed by atoms with Gasteiger partial charge in [0.1, 0.15) is 0 Å². The molecule has 1 fully saturated rings. The van der Waals surface area contributed by atoms with Crippen LogP contribution >= 0.6 is 23.2 Å². The lowest BCUT2D eigenvalue weighted by Crippen LogP contribution is -2.37. The molecule has 1 saturated heterocycles. The van der Waals surface area contributed by atoms with E-state index in [4.69, 9.17) is 27.9 Å². The van der Waals surface area contributed by atoms with E-state index in [1.54, 1.807) is 30.3 Å². The van der Waals surface area contributed by atoms with E-state index >= 15 is 0 Å². The molecule has 0 amide bonds. The van der Waals surface area contributed by atoms with Gasteiger partial charge in [0, 0.05) is 36.5 Å². The number of hydrogen-bond donors (Lipinski definition) is 2. The summed E-state index contributed by atoms with van der Waals surface area (Å²) in [6, 6.07) is 11.2. The van der Waals surface area contributed by atoms with E-state index in [2.05, 4.69) is 30.8 Å². The van der Waals surface area contributed by atoms with Gasteiger partial charge in [0.25, 0.3) is 5.69 Å². The monoisotopic (exact) mass is 488 g/mol. The summed E-state index contributed by atoms with van der Waals surface area (Å²) in [7, 11) is 0. The Balaban J connectivity index is 1.61. The van der Waals surface area contributed by atoms with Crippen LogP contribution in [-0.4, -0.2) is 52.4 Å². The number of hydrogen-bond acceptors (Lipinski definition) is 10. The highest BCUT2D eigenvalue weighted by atomic mass is 35.5. The first-order valence-electron chi connectivity index (χ1n) is 9.83. The first kappa shape index (κ1) is 22.6. The molecule has 0 unspecified atom stereocenters. The molecule has 170 valence electrons. The number of non-ortho nitro benzene ring substituents is 1. The van der Waals surface area contributed by atoms with Gasteiger partial charge in [-0.05, 0) is 18.2 Å². The molecule has 1 aromatic heterocycles. The first-order chi connectivity index (χ1) is 16.0. The average molecular weight is 489 g/mol. The predicted octanol–water partition coefficient (Wildman–Crippen LogP) is 4.11. The van der Waals surface area contributed by atoms with Crippen molar-refractivity contribution in [1.29, 1.82) is 0 Å². The third-order valence-corrected chi connectivity index (χ3v) is 5.25. The average Bonchev–Trinajstić information content (AvgIpc) is 2.81. The van der Waals surface area contributed by atoms with Crippen molar-refractivity contribution in [2.24, 2.45) is 5.10 Å². The van der Waals surface area contributed by atoms with E-state index in [1.165, 1.54) is 18.3 Å². The third kappa shape index (κ3) is 5.83. The van der Waals surface area contributed by atoms with Crippen molar-refractivity contribution in [3.63, 3.8) is 0 Å². The zero-order valence-corrected chi connectivity index (χ0v) is 18.6. The van der Waals surface area contributed by atoms with E-state index in [0.29, 0.717) is 53.5 Å². The summed E-state index contributed by atoms with van der Waals surface area (Å²) >= 11 is 12.3. The van der Waals surface area contributed by atoms with Crippen molar-refractivity contribution in [2.45, 2.75) is 0 Å². The number of nitro benzene ring substituents is 1. The highest BCUT2D eigenvalue weighted by Gasteiger charge is 2.17. The van der Waals surface area contributed by atoms with Crippen LogP contribution in [0.5, 0.6) is 0 Å². The van der Waals surface area contributed by atoms with E-state index < -0.39 is 4.92 Å². The first-order valence-corrected chi connectivity index (χ1v) is 10.6. The Kier molecular flexibility index (Phi) is 7.13. The minimum atomic E-state index is -0.473. The van der Waals surface area contributed by atoms with Crippen molar-refractivity contribution in [3.8, 4) is 0 Å². The smallest absolute Gasteiger partial charge is 0.271 e. The van der Waals surface area contributed by atoms with Crippen LogP contribution in [0.1, 0.15) is 5.56 Å². The van der Waals surface area contributed by atoms with Crippen LogP contribution in [0.4, 0.5) is 29.2 Å². The number of hydrazone groups is 1. The summed E-state index contributed by atoms with van der Waals surface area (Å²) in [5.74, 6) is 0.772. The number of nitro groups is 1. The number of anilines is 4. The highest BCUT2D eigenvalue weighted by Crippen LogP contribution is 2.23. The molecule has 0 radical (unpaired) electrons. The Labute approximate surface area is 198 Å². The molecule has 1 aliphatic heterocycles. The Morgan fingerprint density at radius 3 is 2.48 bits per heavy atom. The molecule has 11 nitrogen and oxygen atoms in total. The minimum Gasteiger partial charge on any atom is -0.378 e. The minimum absolute atomic E-state index is 0.0537. The molecule has 2 heterocycles. The summed E-state index contributed by atoms with van der Waals surface area (Å²) in [5.41, 5.74) is 3.72. The fourth-order valence-corrected chi connectivity index (χ4v) is 3.49. The molecular weight excluding hydrogens is 471 g/mol. The quantitative estimate of drug-likeness (QED) is 0.286. The van der Waals surface area contributed by atoms with Crippen LogP contribution in [0.15, 0.2) is 47.6 Å². The Morgan fingerprint density at radius 2 is 1.76 bits per heavy atom. The fourth-order valence-electron chi connectivity index (χ4n) is 2.99. The lowest BCUT2D eigenvalue weighted by atomic mass is 10.2. The Bertz CT molecular complexity index is 1170. The molecule has 13 heteroatoms. The van der Waals surface area contributed by atoms with Crippen LogP contribution in [-0.2, 0) is 4.74 Å². The van der Waals surface area contributed by atoms with Gasteiger partial charge in [-0.1, -0.05) is 35.3 Å². The number of morpholine rings is 1. The second-order valence-corrected chi connectivity index (χ2v) is 7.63. The lowest BCUT2D eigenvalue weighted by molar-refractivity contribution is -0.384. The molecule has 3 aromatic rings. The van der Waals surface area contributed by atoms with Crippen LogP contribution < -0.4 is 15.6 Å². The van der Waals surface area contributed by atoms with Crippen molar-refractivity contribution in [1.82, 2.24) is 15.0 Å². The molecule has 0 bridgehead atoms. The largest absolute Gasteiger partial charge is 0.378 e. The number of rotatable bonds is 7. The van der Waals surface area contributed by atoms with Gasteiger partial charge in [-0.15, -0.1) is 0 Å². The number of benzene rings is 2. The standard InChI is InChI=1S/C20H18Cl2N8O3/c21-16-5-2-6-17(22)15(16)12-23-28-19-25-18(24-13-3-1-4-14(11-13)30(31)32)26-20(27-19)29-7-9-33-10-8-29/h1-6,11-12H,7-10H2,(H2,24,25,26,27,28). The molecule has 2 aromatic carbocycles. The molecule has 4 rings (SSSR count). The van der Waals surface area contributed by atoms with Gasteiger partial charge in [-0.25, -0.2) is 5.43 Å². The van der Waals surface area contributed by atoms with Crippen LogP contribution in [0, 0.1) is 10.1 Å². The van der Waals surface area contributed by atoms with Gasteiger partial charge in [-0.3, -0.25) is 10.1 Å². The van der Waals surface area contributed by atoms with E-state index in [1.807, 2.05) is 4.90 Å². The zero-order chi connectivity index (χ0) is 23.2. The van der Waals surface area contributed by atoms with Crippen molar-refractivity contribution >= 4 is 58.6 Å². The summed E-state index contributed by atoms with van der Waals surface area (Å²) in [4.78, 5) is 25.8. The topological polar surface area (TPSA) is 131 Å². The maximum atomic E-state index is 11.1. The predicted molar refractivity (Wildman–Crippen MR) is 127 cm³/mol. The maximum absolute atomic E-state index is 11.1. The Hall–Kier alpha value is -3.54. The van der Waals surface area contributed by atoms with Crippen molar-refractivity contribution in [2.75, 3.05) is 41.9 Å². The highest BCUT2D eigenvalue weighted by molar-refractivity contribution is 6.38. The summed E-state index contributed by atoms with van der Waals surface area (Å²) in [5, 5.41) is 19.1. The van der Waals surface area contributed by atoms with Crippen molar-refractivity contribution in [3.05, 3.63) is 68.2 Å². The zero-order valence-electron chi connectivity index (χ0n) is 17.1. The molecule has 0 saturated carbocycles. The molecular formula is C20H18Cl2N8O3. The summed E-state index contributed by atoms with van der Waals surface area (Å²) < 4.78 is 5.39. The van der Waals surface area contributed by atoms with Crippen LogP contribution in [0.25, 0.3) is 0 Å². The number of halogens is 2. The number of nitrogens with one attached hydrogen (secondary N) is 2. The molecule has 33 heavy (non-hydrogen) atoms. The molecule has 0 atom stereocenters. The number of nitrogens with zero attached hydrogens (tertiary/aromatic N) is 6. The van der Waals surface area contributed by atoms with Gasteiger partial charge >= 0.3 is 0 Å². The van der Waals surface area contributed by atoms with Gasteiger partial charge in [0.2, 0.25) is 17.8 Å². The van der Waals surface area contributed by atoms with E-state index in [9.17, 15) is 10.1 Å². The lowest BCUT2D eigenvalue weighted by Gasteiger charge is -2.27. The second-order valence-electron chi connectivity index (χ2n) is 6.82. The molecule has 1 aliphatic rings. The van der Waals surface area contributed by atoms with Gasteiger partial charge in [-0.2, -0.15) is 20.1 Å². The summed E-state index contributed by atoms with van der Waals surface area (Å²) in [6.45, 7) is 2.31. The number of aromatic nitrogens is 3. The molecule has 0 aliphatic carbocycles.